The third-order valence-corrected chi connectivity index (χ3v) is 5.32. The first-order valence-electron chi connectivity index (χ1n) is 10.1. The van der Waals surface area contributed by atoms with Gasteiger partial charge < -0.3 is 10.2 Å². The SMILES string of the molecule is CCNC(=O)c1nn(Cc2ccccc2)c2c1CC(N(C)CC(C)C)CC2. The zero-order valence-electron chi connectivity index (χ0n) is 17.0. The van der Waals surface area contributed by atoms with Crippen LogP contribution in [0.2, 0.25) is 0 Å². The third kappa shape index (κ3) is 4.59. The summed E-state index contributed by atoms with van der Waals surface area (Å²) in [6, 6.07) is 10.8. The van der Waals surface area contributed by atoms with Crippen molar-refractivity contribution in [3.8, 4) is 0 Å². The Balaban J connectivity index is 1.89. The molecule has 1 amide bonds. The molecule has 1 heterocycles. The smallest absolute Gasteiger partial charge is 0.272 e. The van der Waals surface area contributed by atoms with Gasteiger partial charge in [0, 0.05) is 30.4 Å². The van der Waals surface area contributed by atoms with Gasteiger partial charge in [0.05, 0.1) is 6.54 Å². The number of benzene rings is 1. The topological polar surface area (TPSA) is 50.2 Å². The number of hydrogen-bond acceptors (Lipinski definition) is 3. The van der Waals surface area contributed by atoms with Crippen molar-refractivity contribution in [1.29, 1.82) is 0 Å². The van der Waals surface area contributed by atoms with Crippen LogP contribution in [0, 0.1) is 5.92 Å². The first kappa shape index (κ1) is 19.6. The first-order valence-corrected chi connectivity index (χ1v) is 10.1. The molecule has 1 unspecified atom stereocenters. The van der Waals surface area contributed by atoms with Gasteiger partial charge in [0.2, 0.25) is 0 Å². The fourth-order valence-electron chi connectivity index (χ4n) is 4.08. The third-order valence-electron chi connectivity index (χ3n) is 5.32. The normalized spacial score (nSPS) is 16.6. The Hall–Kier alpha value is -2.14. The van der Waals surface area contributed by atoms with E-state index in [4.69, 9.17) is 5.10 Å². The molecular formula is C22H32N4O. The fourth-order valence-corrected chi connectivity index (χ4v) is 4.08. The van der Waals surface area contributed by atoms with Crippen molar-refractivity contribution < 1.29 is 4.79 Å². The lowest BCUT2D eigenvalue weighted by atomic mass is 9.90. The molecule has 0 spiro atoms. The average molecular weight is 369 g/mol. The number of rotatable bonds is 7. The molecular weight excluding hydrogens is 336 g/mol. The van der Waals surface area contributed by atoms with Gasteiger partial charge in [0.15, 0.2) is 5.69 Å². The standard InChI is InChI=1S/C22H32N4O/c1-5-23-22(27)21-19-13-18(25(4)14-16(2)3)11-12-20(19)26(24-21)15-17-9-7-6-8-10-17/h6-10,16,18H,5,11-15H2,1-4H3,(H,23,27). The van der Waals surface area contributed by atoms with Gasteiger partial charge in [-0.2, -0.15) is 5.10 Å². The van der Waals surface area contributed by atoms with Gasteiger partial charge in [-0.05, 0) is 44.7 Å². The summed E-state index contributed by atoms with van der Waals surface area (Å²) in [5.41, 5.74) is 4.20. The second kappa shape index (κ2) is 8.70. The Labute approximate surface area is 162 Å². The molecule has 5 heteroatoms. The Kier molecular flexibility index (Phi) is 6.32. The summed E-state index contributed by atoms with van der Waals surface area (Å²) < 4.78 is 2.05. The molecule has 5 nitrogen and oxygen atoms in total. The van der Waals surface area contributed by atoms with Crippen molar-refractivity contribution in [3.05, 3.63) is 52.8 Å². The Morgan fingerprint density at radius 3 is 2.74 bits per heavy atom. The van der Waals surface area contributed by atoms with Crippen LogP contribution in [0.3, 0.4) is 0 Å². The number of aromatic nitrogens is 2. The van der Waals surface area contributed by atoms with Crippen LogP contribution in [-0.2, 0) is 19.4 Å². The number of hydrogen-bond donors (Lipinski definition) is 1. The van der Waals surface area contributed by atoms with E-state index in [2.05, 4.69) is 43.2 Å². The highest BCUT2D eigenvalue weighted by Gasteiger charge is 2.30. The second-order valence-corrected chi connectivity index (χ2v) is 8.01. The van der Waals surface area contributed by atoms with E-state index < -0.39 is 0 Å². The molecule has 1 atom stereocenters. The minimum atomic E-state index is -0.0484. The molecule has 1 N–H and O–H groups in total. The number of carbonyl (C=O) groups excluding carboxylic acids is 1. The lowest BCUT2D eigenvalue weighted by Gasteiger charge is -2.32. The van der Waals surface area contributed by atoms with E-state index in [-0.39, 0.29) is 5.91 Å². The number of nitrogens with one attached hydrogen (secondary N) is 1. The van der Waals surface area contributed by atoms with Crippen LogP contribution in [0.25, 0.3) is 0 Å². The molecule has 146 valence electrons. The van der Waals surface area contributed by atoms with Crippen LogP contribution < -0.4 is 5.32 Å². The molecule has 0 saturated heterocycles. The number of likely N-dealkylation sites (N-methyl/N-ethyl adjacent to an activating group) is 1. The minimum Gasteiger partial charge on any atom is -0.351 e. The zero-order chi connectivity index (χ0) is 19.4. The van der Waals surface area contributed by atoms with Crippen molar-refractivity contribution >= 4 is 5.91 Å². The predicted octanol–water partition coefficient (Wildman–Crippen LogP) is 3.13. The number of amides is 1. The van der Waals surface area contributed by atoms with Crippen molar-refractivity contribution in [1.82, 2.24) is 20.0 Å². The maximum atomic E-state index is 12.6. The zero-order valence-corrected chi connectivity index (χ0v) is 17.0. The summed E-state index contributed by atoms with van der Waals surface area (Å²) in [7, 11) is 2.20. The van der Waals surface area contributed by atoms with Crippen LogP contribution in [0.15, 0.2) is 30.3 Å². The summed E-state index contributed by atoms with van der Waals surface area (Å²) >= 11 is 0. The van der Waals surface area contributed by atoms with Crippen molar-refractivity contribution in [2.24, 2.45) is 5.92 Å². The summed E-state index contributed by atoms with van der Waals surface area (Å²) in [5, 5.41) is 7.68. The van der Waals surface area contributed by atoms with Crippen LogP contribution in [-0.4, -0.2) is 46.8 Å². The van der Waals surface area contributed by atoms with E-state index in [1.807, 2.05) is 29.8 Å². The lowest BCUT2D eigenvalue weighted by Crippen LogP contribution is -2.39. The van der Waals surface area contributed by atoms with Gasteiger partial charge in [-0.1, -0.05) is 44.2 Å². The highest BCUT2D eigenvalue weighted by molar-refractivity contribution is 5.94. The lowest BCUT2D eigenvalue weighted by molar-refractivity contribution is 0.0948. The van der Waals surface area contributed by atoms with Crippen molar-refractivity contribution in [2.45, 2.75) is 52.6 Å². The molecule has 1 aliphatic rings. The molecule has 0 radical (unpaired) electrons. The molecule has 0 aliphatic heterocycles. The van der Waals surface area contributed by atoms with Crippen molar-refractivity contribution in [2.75, 3.05) is 20.1 Å². The maximum absolute atomic E-state index is 12.6. The average Bonchev–Trinajstić information content (AvgIpc) is 3.00. The number of fused-ring (bicyclic) bond motifs is 1. The van der Waals surface area contributed by atoms with E-state index >= 15 is 0 Å². The molecule has 3 rings (SSSR count). The quantitative estimate of drug-likeness (QED) is 0.817. The number of carbonyl (C=O) groups is 1. The van der Waals surface area contributed by atoms with Gasteiger partial charge in [0.25, 0.3) is 5.91 Å². The summed E-state index contributed by atoms with van der Waals surface area (Å²) in [4.78, 5) is 15.1. The predicted molar refractivity (Wildman–Crippen MR) is 109 cm³/mol. The molecule has 0 bridgehead atoms. The molecule has 1 aromatic heterocycles. The summed E-state index contributed by atoms with van der Waals surface area (Å²) in [5.74, 6) is 0.591. The monoisotopic (exact) mass is 368 g/mol. The van der Waals surface area contributed by atoms with E-state index in [1.165, 1.54) is 11.3 Å². The Morgan fingerprint density at radius 1 is 1.33 bits per heavy atom. The van der Waals surface area contributed by atoms with Crippen LogP contribution in [0.1, 0.15) is 54.5 Å². The number of nitrogens with zero attached hydrogens (tertiary/aromatic N) is 3. The highest BCUT2D eigenvalue weighted by Crippen LogP contribution is 2.28. The van der Waals surface area contributed by atoms with E-state index in [1.54, 1.807) is 0 Å². The molecule has 27 heavy (non-hydrogen) atoms. The first-order chi connectivity index (χ1) is 13.0. The van der Waals surface area contributed by atoms with Crippen molar-refractivity contribution in [3.63, 3.8) is 0 Å². The van der Waals surface area contributed by atoms with Gasteiger partial charge in [0.1, 0.15) is 0 Å². The molecule has 1 aromatic carbocycles. The molecule has 0 saturated carbocycles. The van der Waals surface area contributed by atoms with Crippen LogP contribution in [0.5, 0.6) is 0 Å². The van der Waals surface area contributed by atoms with E-state index in [9.17, 15) is 4.79 Å². The van der Waals surface area contributed by atoms with Crippen LogP contribution in [0.4, 0.5) is 0 Å². The largest absolute Gasteiger partial charge is 0.351 e. The molecule has 2 aromatic rings. The summed E-state index contributed by atoms with van der Waals surface area (Å²) in [6.45, 7) is 8.87. The molecule has 1 aliphatic carbocycles. The highest BCUT2D eigenvalue weighted by atomic mass is 16.1. The van der Waals surface area contributed by atoms with Crippen LogP contribution >= 0.6 is 0 Å². The van der Waals surface area contributed by atoms with Gasteiger partial charge in [-0.25, -0.2) is 0 Å². The molecule has 0 fully saturated rings. The van der Waals surface area contributed by atoms with Gasteiger partial charge in [-0.3, -0.25) is 9.48 Å². The fraction of sp³-hybridized carbons (Fsp3) is 0.545. The second-order valence-electron chi connectivity index (χ2n) is 8.01. The minimum absolute atomic E-state index is 0.0484. The van der Waals surface area contributed by atoms with Gasteiger partial charge >= 0.3 is 0 Å². The van der Waals surface area contributed by atoms with Gasteiger partial charge in [-0.15, -0.1) is 0 Å². The van der Waals surface area contributed by atoms with E-state index in [0.717, 1.165) is 37.9 Å². The summed E-state index contributed by atoms with van der Waals surface area (Å²) in [6.07, 6.45) is 2.99. The maximum Gasteiger partial charge on any atom is 0.272 e. The Morgan fingerprint density at radius 2 is 2.07 bits per heavy atom. The van der Waals surface area contributed by atoms with E-state index in [0.29, 0.717) is 24.2 Å². The Bertz CT molecular complexity index is 766.